The molecule has 19 heavy (non-hydrogen) atoms. The molecule has 2 N–H and O–H groups in total. The van der Waals surface area contributed by atoms with Crippen LogP contribution in [-0.2, 0) is 14.3 Å². The fraction of sp³-hybridized carbons (Fsp3) is 0.462. The Morgan fingerprint density at radius 2 is 2.05 bits per heavy atom. The zero-order valence-corrected chi connectivity index (χ0v) is 11.2. The van der Waals surface area contributed by atoms with Crippen LogP contribution in [0, 0.1) is 6.92 Å². The molecule has 0 aromatic heterocycles. The molecule has 0 saturated carbocycles. The van der Waals surface area contributed by atoms with Crippen LogP contribution in [0.5, 0.6) is 0 Å². The Hall–Kier alpha value is -1.82. The van der Waals surface area contributed by atoms with Crippen LogP contribution in [0.4, 0.5) is 4.79 Å². The number of carbonyl (C=O) groups excluding carboxylic acids is 2. The second-order valence-electron chi connectivity index (χ2n) is 3.67. The van der Waals surface area contributed by atoms with Gasteiger partial charge in [-0.3, -0.25) is 4.79 Å². The van der Waals surface area contributed by atoms with Gasteiger partial charge in [0, 0.05) is 0 Å². The number of nitrogens with one attached hydrogen (secondary N) is 2. The van der Waals surface area contributed by atoms with E-state index >= 15 is 0 Å². The van der Waals surface area contributed by atoms with Gasteiger partial charge in [0.05, 0.1) is 6.61 Å². The van der Waals surface area contributed by atoms with Gasteiger partial charge in [-0.25, -0.2) is 4.79 Å². The number of allylic oxidation sites excluding steroid dienone is 1. The van der Waals surface area contributed by atoms with Gasteiger partial charge in [-0.2, -0.15) is 0 Å². The van der Waals surface area contributed by atoms with Gasteiger partial charge in [-0.05, 0) is 20.3 Å². The maximum Gasteiger partial charge on any atom is 0.407 e. The molecule has 0 aromatic carbocycles. The Morgan fingerprint density at radius 1 is 1.32 bits per heavy atom. The lowest BCUT2D eigenvalue weighted by molar-refractivity contribution is -0.121. The van der Waals surface area contributed by atoms with Crippen molar-refractivity contribution in [1.29, 1.82) is 0 Å². The Kier molecular flexibility index (Phi) is 10.2. The van der Waals surface area contributed by atoms with Crippen LogP contribution < -0.4 is 10.6 Å². The highest BCUT2D eigenvalue weighted by Crippen LogP contribution is 1.94. The van der Waals surface area contributed by atoms with Gasteiger partial charge in [0.1, 0.15) is 19.9 Å². The number of rotatable bonds is 9. The van der Waals surface area contributed by atoms with E-state index in [0.29, 0.717) is 13.0 Å². The Labute approximate surface area is 113 Å². The number of carbonyl (C=O) groups is 2. The molecule has 0 aliphatic rings. The van der Waals surface area contributed by atoms with Crippen molar-refractivity contribution in [3.8, 4) is 0 Å². The first-order valence-corrected chi connectivity index (χ1v) is 5.91. The molecule has 0 atom stereocenters. The zero-order valence-electron chi connectivity index (χ0n) is 11.2. The first-order valence-electron chi connectivity index (χ1n) is 5.91. The highest BCUT2D eigenvalue weighted by atomic mass is 16.5. The second-order valence-corrected chi connectivity index (χ2v) is 3.67. The molecule has 0 bridgehead atoms. The summed E-state index contributed by atoms with van der Waals surface area (Å²) in [6.45, 7) is 9.47. The van der Waals surface area contributed by atoms with Gasteiger partial charge in [0.25, 0.3) is 0 Å². The standard InChI is InChI=1S/C13H21N2O4/c1-4-6-11(3)9-18-10-15-12(16)8-14-13(17)19-7-5-2/h5-6H,1-2,4,7-10H2,3H3,(H,14,17)(H,15,16)/b11-6+. The smallest absolute Gasteiger partial charge is 0.407 e. The van der Waals surface area contributed by atoms with Gasteiger partial charge in [-0.15, -0.1) is 0 Å². The molecule has 0 spiro atoms. The summed E-state index contributed by atoms with van der Waals surface area (Å²) < 4.78 is 9.84. The number of ether oxygens (including phenoxy) is 2. The predicted octanol–water partition coefficient (Wildman–Crippen LogP) is 1.16. The minimum Gasteiger partial charge on any atom is -0.445 e. The molecule has 0 heterocycles. The van der Waals surface area contributed by atoms with Crippen molar-refractivity contribution >= 4 is 12.0 Å². The third kappa shape index (κ3) is 11.0. The van der Waals surface area contributed by atoms with Crippen LogP contribution in [0.2, 0.25) is 0 Å². The molecule has 0 rings (SSSR count). The van der Waals surface area contributed by atoms with E-state index in [2.05, 4.69) is 28.9 Å². The molecule has 2 amide bonds. The van der Waals surface area contributed by atoms with Crippen LogP contribution in [0.1, 0.15) is 13.3 Å². The number of hydrogen-bond donors (Lipinski definition) is 2. The van der Waals surface area contributed by atoms with Crippen LogP contribution in [-0.4, -0.2) is 38.5 Å². The lowest BCUT2D eigenvalue weighted by Crippen LogP contribution is -2.38. The van der Waals surface area contributed by atoms with Crippen molar-refractivity contribution in [3.63, 3.8) is 0 Å². The first-order chi connectivity index (χ1) is 9.10. The summed E-state index contributed by atoms with van der Waals surface area (Å²) in [6, 6.07) is 0. The molecule has 107 valence electrons. The van der Waals surface area contributed by atoms with Crippen LogP contribution >= 0.6 is 0 Å². The van der Waals surface area contributed by atoms with Crippen LogP contribution in [0.3, 0.4) is 0 Å². The molecule has 0 aliphatic carbocycles. The van der Waals surface area contributed by atoms with Crippen LogP contribution in [0.15, 0.2) is 24.3 Å². The molecule has 0 saturated heterocycles. The number of hydrogen-bond acceptors (Lipinski definition) is 4. The molecule has 0 aliphatic heterocycles. The average molecular weight is 269 g/mol. The second kappa shape index (κ2) is 11.3. The summed E-state index contributed by atoms with van der Waals surface area (Å²) in [5.74, 6) is -0.352. The minimum atomic E-state index is -0.662. The fourth-order valence-electron chi connectivity index (χ4n) is 1.05. The number of alkyl carbamates (subject to hydrolysis) is 1. The Balaban J connectivity index is 3.57. The molecule has 0 unspecified atom stereocenters. The predicted molar refractivity (Wildman–Crippen MR) is 72.2 cm³/mol. The van der Waals surface area contributed by atoms with E-state index in [4.69, 9.17) is 4.74 Å². The summed E-state index contributed by atoms with van der Waals surface area (Å²) >= 11 is 0. The van der Waals surface area contributed by atoms with E-state index < -0.39 is 6.09 Å². The van der Waals surface area contributed by atoms with E-state index in [9.17, 15) is 9.59 Å². The quantitative estimate of drug-likeness (QED) is 0.374. The largest absolute Gasteiger partial charge is 0.445 e. The summed E-state index contributed by atoms with van der Waals surface area (Å²) in [7, 11) is 0. The van der Waals surface area contributed by atoms with Gasteiger partial charge in [0.2, 0.25) is 5.91 Å². The normalized spacial score (nSPS) is 10.7. The highest BCUT2D eigenvalue weighted by Gasteiger charge is 2.04. The van der Waals surface area contributed by atoms with Crippen molar-refractivity contribution in [1.82, 2.24) is 10.6 Å². The first kappa shape index (κ1) is 17.2. The lowest BCUT2D eigenvalue weighted by Gasteiger charge is -2.08. The summed E-state index contributed by atoms with van der Waals surface area (Å²) in [5, 5.41) is 4.79. The van der Waals surface area contributed by atoms with E-state index in [0.717, 1.165) is 5.57 Å². The van der Waals surface area contributed by atoms with Gasteiger partial charge >= 0.3 is 6.09 Å². The van der Waals surface area contributed by atoms with Crippen molar-refractivity contribution in [2.75, 3.05) is 26.5 Å². The van der Waals surface area contributed by atoms with Crippen molar-refractivity contribution < 1.29 is 19.1 Å². The molecular formula is C13H21N2O4. The molecule has 1 radical (unpaired) electrons. The van der Waals surface area contributed by atoms with Crippen molar-refractivity contribution in [2.45, 2.75) is 13.3 Å². The number of amides is 2. The van der Waals surface area contributed by atoms with E-state index in [-0.39, 0.29) is 25.8 Å². The third-order valence-electron chi connectivity index (χ3n) is 1.92. The van der Waals surface area contributed by atoms with E-state index in [1.807, 2.05) is 13.0 Å². The van der Waals surface area contributed by atoms with Gasteiger partial charge < -0.3 is 20.1 Å². The molecular weight excluding hydrogens is 248 g/mol. The summed E-state index contributed by atoms with van der Waals surface area (Å²) in [4.78, 5) is 22.3. The van der Waals surface area contributed by atoms with Crippen LogP contribution in [0.25, 0.3) is 0 Å². The highest BCUT2D eigenvalue weighted by molar-refractivity contribution is 5.81. The minimum absolute atomic E-state index is 0.0878. The lowest BCUT2D eigenvalue weighted by atomic mass is 10.3. The fourth-order valence-corrected chi connectivity index (χ4v) is 1.05. The van der Waals surface area contributed by atoms with Gasteiger partial charge in [0.15, 0.2) is 0 Å². The SMILES string of the molecule is [CH2]C/C=C(\C)COCNC(=O)CNC(=O)OCC=C. The summed E-state index contributed by atoms with van der Waals surface area (Å²) in [6.07, 6.45) is 3.43. The third-order valence-corrected chi connectivity index (χ3v) is 1.92. The summed E-state index contributed by atoms with van der Waals surface area (Å²) in [5.41, 5.74) is 1.05. The maximum absolute atomic E-state index is 11.3. The molecule has 0 aromatic rings. The van der Waals surface area contributed by atoms with E-state index in [1.165, 1.54) is 6.08 Å². The zero-order chi connectivity index (χ0) is 14.5. The maximum atomic E-state index is 11.3. The monoisotopic (exact) mass is 269 g/mol. The molecule has 6 heteroatoms. The van der Waals surface area contributed by atoms with Gasteiger partial charge in [-0.1, -0.05) is 24.3 Å². The van der Waals surface area contributed by atoms with Crippen molar-refractivity contribution in [2.24, 2.45) is 0 Å². The average Bonchev–Trinajstić information content (AvgIpc) is 2.39. The molecule has 6 nitrogen and oxygen atoms in total. The molecule has 0 fully saturated rings. The Morgan fingerprint density at radius 3 is 2.68 bits per heavy atom. The topological polar surface area (TPSA) is 76.7 Å². The van der Waals surface area contributed by atoms with E-state index in [1.54, 1.807) is 0 Å². The van der Waals surface area contributed by atoms with Crippen molar-refractivity contribution in [3.05, 3.63) is 31.2 Å². The Bertz CT molecular complexity index is 327.